The third-order valence-electron chi connectivity index (χ3n) is 4.83. The molecule has 1 rings (SSSR count). The molecule has 3 nitrogen and oxygen atoms in total. The fourth-order valence-electron chi connectivity index (χ4n) is 3.07. The molecule has 0 aromatic carbocycles. The average molecular weight is 342 g/mol. The minimum atomic E-state index is -0.156. The molecule has 24 heavy (non-hydrogen) atoms. The largest absolute Gasteiger partial charge is 0.381 e. The number of methoxy groups -OCH3 is 1. The summed E-state index contributed by atoms with van der Waals surface area (Å²) >= 11 is 0. The summed E-state index contributed by atoms with van der Waals surface area (Å²) in [6, 6.07) is 0. The number of carbonyl (C=O) groups excluding carboxylic acids is 1. The zero-order chi connectivity index (χ0) is 18.4. The van der Waals surface area contributed by atoms with Crippen LogP contribution in [0, 0.1) is 5.41 Å². The van der Waals surface area contributed by atoms with Gasteiger partial charge in [0.25, 0.3) is 0 Å². The molecule has 144 valence electrons. The van der Waals surface area contributed by atoms with Gasteiger partial charge < -0.3 is 9.64 Å². The minimum Gasteiger partial charge on any atom is -0.381 e. The Morgan fingerprint density at radius 3 is 1.96 bits per heavy atom. The number of piperidine rings is 1. The maximum Gasteiger partial charge on any atom is 0.138 e. The van der Waals surface area contributed by atoms with E-state index in [1.807, 2.05) is 41.7 Å². The molecule has 1 heterocycles. The van der Waals surface area contributed by atoms with Crippen LogP contribution < -0.4 is 0 Å². The Morgan fingerprint density at radius 1 is 0.958 bits per heavy atom. The molecule has 0 radical (unpaired) electrons. The van der Waals surface area contributed by atoms with Gasteiger partial charge in [0.15, 0.2) is 0 Å². The number of nitrogens with zero attached hydrogens (tertiary/aromatic N) is 1. The summed E-state index contributed by atoms with van der Waals surface area (Å²) in [6.45, 7) is 13.7. The van der Waals surface area contributed by atoms with E-state index < -0.39 is 0 Å². The van der Waals surface area contributed by atoms with Gasteiger partial charge in [-0.05, 0) is 32.2 Å². The lowest BCUT2D eigenvalue weighted by Crippen LogP contribution is -2.37. The van der Waals surface area contributed by atoms with Crippen molar-refractivity contribution in [1.82, 2.24) is 4.90 Å². The highest BCUT2D eigenvalue weighted by molar-refractivity contribution is 5.83. The molecule has 1 fully saturated rings. The summed E-state index contributed by atoms with van der Waals surface area (Å²) < 4.78 is 5.41. The van der Waals surface area contributed by atoms with Gasteiger partial charge in [0.1, 0.15) is 5.78 Å². The van der Waals surface area contributed by atoms with Crippen molar-refractivity contribution >= 4 is 5.78 Å². The molecule has 0 amide bonds. The lowest BCUT2D eigenvalue weighted by molar-refractivity contribution is -0.126. The van der Waals surface area contributed by atoms with Crippen LogP contribution in [-0.2, 0) is 9.53 Å². The van der Waals surface area contributed by atoms with Crippen molar-refractivity contribution in [3.05, 3.63) is 0 Å². The Hall–Kier alpha value is -0.410. The fourth-order valence-corrected chi connectivity index (χ4v) is 3.07. The van der Waals surface area contributed by atoms with Crippen LogP contribution in [0.3, 0.4) is 0 Å². The zero-order valence-corrected chi connectivity index (χ0v) is 17.3. The van der Waals surface area contributed by atoms with Crippen LogP contribution in [0.15, 0.2) is 0 Å². The third kappa shape index (κ3) is 11.2. The molecule has 0 bridgehead atoms. The van der Waals surface area contributed by atoms with Gasteiger partial charge in [-0.3, -0.25) is 4.79 Å². The van der Waals surface area contributed by atoms with Crippen LogP contribution in [0.5, 0.6) is 0 Å². The van der Waals surface area contributed by atoms with Gasteiger partial charge in [-0.15, -0.1) is 0 Å². The molecule has 3 heteroatoms. The van der Waals surface area contributed by atoms with Gasteiger partial charge in [0, 0.05) is 32.0 Å². The molecule has 0 spiro atoms. The summed E-state index contributed by atoms with van der Waals surface area (Å²) in [5.74, 6) is 0.409. The molecular formula is C21H43NO2. The molecule has 0 aliphatic carbocycles. The molecule has 1 aliphatic rings. The molecule has 0 atom stereocenters. The van der Waals surface area contributed by atoms with Crippen LogP contribution in [0.25, 0.3) is 0 Å². The van der Waals surface area contributed by atoms with E-state index in [0.717, 1.165) is 12.8 Å². The number of ether oxygens (including phenoxy) is 1. The Balaban J connectivity index is 0.00000254. The first-order valence-electron chi connectivity index (χ1n) is 10.2. The Morgan fingerprint density at radius 2 is 1.46 bits per heavy atom. The van der Waals surface area contributed by atoms with Crippen LogP contribution in [0.1, 0.15) is 92.4 Å². The van der Waals surface area contributed by atoms with E-state index in [-0.39, 0.29) is 5.41 Å². The first-order chi connectivity index (χ1) is 11.4. The number of carbonyl (C=O) groups is 1. The van der Waals surface area contributed by atoms with Crippen molar-refractivity contribution in [2.24, 2.45) is 5.41 Å². The minimum absolute atomic E-state index is 0.156. The predicted molar refractivity (Wildman–Crippen MR) is 105 cm³/mol. The van der Waals surface area contributed by atoms with Gasteiger partial charge in [-0.2, -0.15) is 0 Å². The summed E-state index contributed by atoms with van der Waals surface area (Å²) in [7, 11) is 1.83. The second kappa shape index (κ2) is 13.8. The summed E-state index contributed by atoms with van der Waals surface area (Å²) in [5, 5.41) is 0. The molecule has 0 N–H and O–H groups in total. The van der Waals surface area contributed by atoms with Crippen molar-refractivity contribution in [3.63, 3.8) is 0 Å². The average Bonchev–Trinajstić information content (AvgIpc) is 2.58. The van der Waals surface area contributed by atoms with Crippen molar-refractivity contribution in [3.8, 4) is 0 Å². The first kappa shape index (κ1) is 23.6. The van der Waals surface area contributed by atoms with E-state index in [2.05, 4.69) is 4.90 Å². The van der Waals surface area contributed by atoms with Crippen molar-refractivity contribution in [2.45, 2.75) is 98.5 Å². The first-order valence-corrected chi connectivity index (χ1v) is 10.2. The molecule has 1 aliphatic heterocycles. The predicted octanol–water partition coefficient (Wildman–Crippen LogP) is 5.47. The van der Waals surface area contributed by atoms with E-state index in [9.17, 15) is 4.79 Å². The SMILES string of the molecule is CC.COC1CCN(CCCCCCCCC(=O)C(C)(C)C)CC1. The van der Waals surface area contributed by atoms with Gasteiger partial charge in [-0.1, -0.05) is 60.3 Å². The van der Waals surface area contributed by atoms with E-state index in [1.54, 1.807) is 0 Å². The van der Waals surface area contributed by atoms with Crippen LogP contribution in [0.4, 0.5) is 0 Å². The second-order valence-corrected chi connectivity index (χ2v) is 7.82. The lowest BCUT2D eigenvalue weighted by Gasteiger charge is -2.31. The number of hydrogen-bond acceptors (Lipinski definition) is 3. The van der Waals surface area contributed by atoms with E-state index in [1.165, 1.54) is 64.6 Å². The molecule has 0 unspecified atom stereocenters. The highest BCUT2D eigenvalue weighted by Gasteiger charge is 2.20. The van der Waals surface area contributed by atoms with Crippen molar-refractivity contribution < 1.29 is 9.53 Å². The van der Waals surface area contributed by atoms with E-state index >= 15 is 0 Å². The molecule has 0 aromatic heterocycles. The number of rotatable bonds is 10. The van der Waals surface area contributed by atoms with Crippen LogP contribution in [0.2, 0.25) is 0 Å². The standard InChI is InChI=1S/C19H37NO2.C2H6/c1-19(2,3)18(21)11-9-7-5-6-8-10-14-20-15-12-17(22-4)13-16-20;1-2/h17H,5-16H2,1-4H3;1-2H3. The molecule has 0 aromatic rings. The maximum absolute atomic E-state index is 11.8. The number of ketones is 1. The quantitative estimate of drug-likeness (QED) is 0.493. The second-order valence-electron chi connectivity index (χ2n) is 7.82. The number of Topliss-reactive ketones (excluding diaryl/α,β-unsaturated/α-hetero) is 1. The monoisotopic (exact) mass is 341 g/mol. The highest BCUT2D eigenvalue weighted by Crippen LogP contribution is 2.19. The van der Waals surface area contributed by atoms with E-state index in [0.29, 0.717) is 11.9 Å². The highest BCUT2D eigenvalue weighted by atomic mass is 16.5. The summed E-state index contributed by atoms with van der Waals surface area (Å²) in [6.07, 6.45) is 11.2. The molecule has 0 saturated carbocycles. The van der Waals surface area contributed by atoms with Crippen molar-refractivity contribution in [2.75, 3.05) is 26.7 Å². The van der Waals surface area contributed by atoms with Crippen molar-refractivity contribution in [1.29, 1.82) is 0 Å². The number of unbranched alkanes of at least 4 members (excludes halogenated alkanes) is 5. The van der Waals surface area contributed by atoms with Gasteiger partial charge >= 0.3 is 0 Å². The normalized spacial score (nSPS) is 16.6. The Bertz CT molecular complexity index is 301. The smallest absolute Gasteiger partial charge is 0.138 e. The number of hydrogen-bond donors (Lipinski definition) is 0. The Kier molecular flexibility index (Phi) is 13.6. The van der Waals surface area contributed by atoms with Gasteiger partial charge in [0.2, 0.25) is 0 Å². The van der Waals surface area contributed by atoms with Crippen LogP contribution in [-0.4, -0.2) is 43.5 Å². The zero-order valence-electron chi connectivity index (χ0n) is 17.3. The summed E-state index contributed by atoms with van der Waals surface area (Å²) in [5.41, 5.74) is -0.156. The van der Waals surface area contributed by atoms with E-state index in [4.69, 9.17) is 4.74 Å². The summed E-state index contributed by atoms with van der Waals surface area (Å²) in [4.78, 5) is 14.4. The van der Waals surface area contributed by atoms with Gasteiger partial charge in [0.05, 0.1) is 6.10 Å². The maximum atomic E-state index is 11.8. The molecular weight excluding hydrogens is 298 g/mol. The Labute approximate surface area is 151 Å². The molecule has 1 saturated heterocycles. The third-order valence-corrected chi connectivity index (χ3v) is 4.83. The van der Waals surface area contributed by atoms with Gasteiger partial charge in [-0.25, -0.2) is 0 Å². The van der Waals surface area contributed by atoms with Crippen LogP contribution >= 0.6 is 0 Å². The number of likely N-dealkylation sites (tertiary alicyclic amines) is 1. The lowest BCUT2D eigenvalue weighted by atomic mass is 9.88. The fraction of sp³-hybridized carbons (Fsp3) is 0.952. The topological polar surface area (TPSA) is 29.5 Å².